The zero-order chi connectivity index (χ0) is 53.3. The molecule has 14 aromatic rings. The van der Waals surface area contributed by atoms with E-state index in [1.807, 2.05) is 22.7 Å². The molecule has 0 unspecified atom stereocenters. The standard InChI is InChI=1S/C79H50S2/c1-7-25-55(26-8-1)77(56-27-9-2-10-28-56)67-43-53(75-45-51-23-19-21-37-73(51)80-75)39-41-61(67)63-47-71-65(49-69(63)77)66-50-70-64(48-72(66)79(71,59-33-15-5-16-34-59)60-35-17-6-18-36-60)62-42-40-54(76-46-52-24-20-22-38-74(52)81-76)44-68(62)78(70,57-29-11-3-12-30-57)58-31-13-4-14-32-58/h1-50H. The molecule has 2 aromatic heterocycles. The summed E-state index contributed by atoms with van der Waals surface area (Å²) in [7, 11) is 0. The summed E-state index contributed by atoms with van der Waals surface area (Å²) >= 11 is 3.76. The van der Waals surface area contributed by atoms with Crippen molar-refractivity contribution in [3.63, 3.8) is 0 Å². The quantitative estimate of drug-likeness (QED) is 0.142. The number of hydrogen-bond donors (Lipinski definition) is 0. The van der Waals surface area contributed by atoms with Crippen molar-refractivity contribution in [1.82, 2.24) is 0 Å². The van der Waals surface area contributed by atoms with Gasteiger partial charge in [0, 0.05) is 19.2 Å². The van der Waals surface area contributed by atoms with Gasteiger partial charge in [-0.1, -0.05) is 243 Å². The Hall–Kier alpha value is -9.44. The molecule has 0 radical (unpaired) electrons. The Morgan fingerprint density at radius 2 is 0.444 bits per heavy atom. The molecule has 378 valence electrons. The van der Waals surface area contributed by atoms with Crippen molar-refractivity contribution in [1.29, 1.82) is 0 Å². The van der Waals surface area contributed by atoms with E-state index < -0.39 is 16.2 Å². The first-order chi connectivity index (χ1) is 40.1. The van der Waals surface area contributed by atoms with Gasteiger partial charge in [-0.3, -0.25) is 0 Å². The van der Waals surface area contributed by atoms with Gasteiger partial charge in [0.15, 0.2) is 0 Å². The maximum Gasteiger partial charge on any atom is 0.0714 e. The molecule has 0 spiro atoms. The van der Waals surface area contributed by atoms with Crippen LogP contribution < -0.4 is 0 Å². The van der Waals surface area contributed by atoms with Crippen molar-refractivity contribution < 1.29 is 0 Å². The molecular weight excluding hydrogens is 1010 g/mol. The Bertz CT molecular complexity index is 4330. The van der Waals surface area contributed by atoms with Gasteiger partial charge in [-0.05, 0) is 183 Å². The van der Waals surface area contributed by atoms with Crippen LogP contribution in [0.15, 0.2) is 303 Å². The second kappa shape index (κ2) is 17.8. The highest BCUT2D eigenvalue weighted by Crippen LogP contribution is 2.66. The Labute approximate surface area is 480 Å². The lowest BCUT2D eigenvalue weighted by Gasteiger charge is -2.36. The van der Waals surface area contributed by atoms with Gasteiger partial charge in [0.05, 0.1) is 16.2 Å². The third kappa shape index (κ3) is 6.46. The van der Waals surface area contributed by atoms with Crippen LogP contribution >= 0.6 is 22.7 Å². The summed E-state index contributed by atoms with van der Waals surface area (Å²) in [6, 6.07) is 116. The lowest BCUT2D eigenvalue weighted by atomic mass is 9.65. The fraction of sp³-hybridized carbons (Fsp3) is 0.0380. The fourth-order valence-corrected chi connectivity index (χ4v) is 17.1. The summed E-state index contributed by atoms with van der Waals surface area (Å²) < 4.78 is 2.60. The molecule has 0 bridgehead atoms. The van der Waals surface area contributed by atoms with E-state index in [-0.39, 0.29) is 0 Å². The van der Waals surface area contributed by atoms with Crippen molar-refractivity contribution in [2.45, 2.75) is 16.2 Å². The Balaban J connectivity index is 1.00. The highest BCUT2D eigenvalue weighted by Gasteiger charge is 2.54. The van der Waals surface area contributed by atoms with Crippen LogP contribution in [0, 0.1) is 0 Å². The average molecular weight is 1060 g/mol. The molecule has 0 atom stereocenters. The maximum atomic E-state index is 2.65. The van der Waals surface area contributed by atoms with E-state index in [2.05, 4.69) is 303 Å². The number of rotatable bonds is 8. The molecule has 12 aromatic carbocycles. The van der Waals surface area contributed by atoms with Gasteiger partial charge in [-0.15, -0.1) is 22.7 Å². The average Bonchev–Trinajstić information content (AvgIpc) is 4.24. The van der Waals surface area contributed by atoms with E-state index >= 15 is 0 Å². The molecule has 0 saturated carbocycles. The minimum atomic E-state index is -0.679. The first-order valence-corrected chi connectivity index (χ1v) is 29.8. The first-order valence-electron chi connectivity index (χ1n) is 28.1. The van der Waals surface area contributed by atoms with Crippen LogP contribution in [0.2, 0.25) is 0 Å². The number of benzene rings is 12. The highest BCUT2D eigenvalue weighted by atomic mass is 32.1. The van der Waals surface area contributed by atoms with E-state index in [0.717, 1.165) is 0 Å². The highest BCUT2D eigenvalue weighted by molar-refractivity contribution is 7.22. The van der Waals surface area contributed by atoms with Gasteiger partial charge in [-0.25, -0.2) is 0 Å². The van der Waals surface area contributed by atoms with Crippen LogP contribution in [0.4, 0.5) is 0 Å². The van der Waals surface area contributed by atoms with Crippen molar-refractivity contribution in [2.24, 2.45) is 0 Å². The summed E-state index contributed by atoms with van der Waals surface area (Å²) in [5.41, 5.74) is 23.5. The van der Waals surface area contributed by atoms with Crippen LogP contribution in [0.3, 0.4) is 0 Å². The number of thiophene rings is 2. The van der Waals surface area contributed by atoms with Gasteiger partial charge in [-0.2, -0.15) is 0 Å². The van der Waals surface area contributed by atoms with Gasteiger partial charge in [0.1, 0.15) is 0 Å². The zero-order valence-corrected chi connectivity index (χ0v) is 45.8. The van der Waals surface area contributed by atoms with Crippen molar-refractivity contribution in [3.05, 3.63) is 370 Å². The summed E-state index contributed by atoms with van der Waals surface area (Å²) in [6.45, 7) is 0. The summed E-state index contributed by atoms with van der Waals surface area (Å²) in [5.74, 6) is 0. The predicted octanol–water partition coefficient (Wildman–Crippen LogP) is 20.5. The van der Waals surface area contributed by atoms with Gasteiger partial charge in [0.2, 0.25) is 0 Å². The molecule has 2 heterocycles. The molecule has 3 aliphatic rings. The fourth-order valence-electron chi connectivity index (χ4n) is 15.0. The molecule has 0 aliphatic heterocycles. The maximum absolute atomic E-state index is 2.65. The molecule has 0 amide bonds. The van der Waals surface area contributed by atoms with E-state index in [1.165, 1.54) is 141 Å². The second-order valence-electron chi connectivity index (χ2n) is 22.2. The predicted molar refractivity (Wildman–Crippen MR) is 340 cm³/mol. The molecule has 0 N–H and O–H groups in total. The SMILES string of the molecule is c1ccc(C2(c3ccccc3)c3cc(-c4cc5ccccc5s4)ccc3-c3cc4c(cc32)-c2cc3c(cc2C4(c2ccccc2)c2ccccc2)-c2ccc(-c4cc5ccccc5s4)cc2C3(c2ccccc2)c2ccccc2)cc1. The van der Waals surface area contributed by atoms with Gasteiger partial charge >= 0.3 is 0 Å². The Morgan fingerprint density at radius 1 is 0.198 bits per heavy atom. The third-order valence-electron chi connectivity index (χ3n) is 18.3. The molecule has 0 saturated heterocycles. The van der Waals surface area contributed by atoms with Crippen LogP contribution in [-0.4, -0.2) is 0 Å². The number of fused-ring (bicyclic) bond motifs is 11. The Kier molecular flexibility index (Phi) is 10.2. The number of hydrogen-bond acceptors (Lipinski definition) is 2. The molecular formula is C79H50S2. The van der Waals surface area contributed by atoms with E-state index in [0.29, 0.717) is 0 Å². The molecule has 0 fully saturated rings. The Morgan fingerprint density at radius 3 is 0.728 bits per heavy atom. The van der Waals surface area contributed by atoms with Crippen LogP contribution in [0.1, 0.15) is 66.8 Å². The lowest BCUT2D eigenvalue weighted by Crippen LogP contribution is -2.30. The smallest absolute Gasteiger partial charge is 0.0714 e. The molecule has 3 aliphatic carbocycles. The van der Waals surface area contributed by atoms with Crippen molar-refractivity contribution in [3.8, 4) is 54.3 Å². The summed E-state index contributed by atoms with van der Waals surface area (Å²) in [4.78, 5) is 2.55. The van der Waals surface area contributed by atoms with Crippen molar-refractivity contribution >= 4 is 42.8 Å². The largest absolute Gasteiger partial charge is 0.135 e. The first kappa shape index (κ1) is 46.5. The second-order valence-corrected chi connectivity index (χ2v) is 24.3. The molecule has 81 heavy (non-hydrogen) atoms. The minimum Gasteiger partial charge on any atom is -0.135 e. The lowest BCUT2D eigenvalue weighted by molar-refractivity contribution is 0.755. The van der Waals surface area contributed by atoms with E-state index in [4.69, 9.17) is 0 Å². The van der Waals surface area contributed by atoms with Crippen LogP contribution in [0.5, 0.6) is 0 Å². The monoisotopic (exact) mass is 1060 g/mol. The molecule has 17 rings (SSSR count). The topological polar surface area (TPSA) is 0 Å². The summed E-state index contributed by atoms with van der Waals surface area (Å²) in [6.07, 6.45) is 0. The third-order valence-corrected chi connectivity index (χ3v) is 20.6. The van der Waals surface area contributed by atoms with Gasteiger partial charge in [0.25, 0.3) is 0 Å². The molecule has 2 heteroatoms. The molecule has 0 nitrogen and oxygen atoms in total. The zero-order valence-electron chi connectivity index (χ0n) is 44.2. The van der Waals surface area contributed by atoms with Crippen molar-refractivity contribution in [2.75, 3.05) is 0 Å². The summed E-state index contributed by atoms with van der Waals surface area (Å²) in [5, 5.41) is 2.56. The minimum absolute atomic E-state index is 0.645. The van der Waals surface area contributed by atoms with Gasteiger partial charge < -0.3 is 0 Å². The van der Waals surface area contributed by atoms with Crippen LogP contribution in [0.25, 0.3) is 74.4 Å². The van der Waals surface area contributed by atoms with E-state index in [9.17, 15) is 0 Å². The van der Waals surface area contributed by atoms with Crippen LogP contribution in [-0.2, 0) is 16.2 Å². The normalized spacial score (nSPS) is 14.5. The van der Waals surface area contributed by atoms with E-state index in [1.54, 1.807) is 0 Å².